The number of ether oxygens (including phenoxy) is 3. The highest BCUT2D eigenvalue weighted by atomic mass is 16.5. The molecule has 0 radical (unpaired) electrons. The van der Waals surface area contributed by atoms with Gasteiger partial charge in [-0.1, -0.05) is 30.3 Å². The summed E-state index contributed by atoms with van der Waals surface area (Å²) in [5, 5.41) is 0. The summed E-state index contributed by atoms with van der Waals surface area (Å²) in [5.41, 5.74) is 1.18. The number of hydrogen-bond acceptors (Lipinski definition) is 5. The highest BCUT2D eigenvalue weighted by Gasteiger charge is 2.42. The first-order chi connectivity index (χ1) is 14.7. The van der Waals surface area contributed by atoms with Crippen LogP contribution < -0.4 is 14.2 Å². The number of rotatable bonds is 8. The lowest BCUT2D eigenvalue weighted by Gasteiger charge is -2.45. The Hall–Kier alpha value is -2.50. The Bertz CT molecular complexity index is 842. The molecule has 5 rings (SSSR count). The fraction of sp³-hybridized carbons (Fsp3) is 0.440. The Morgan fingerprint density at radius 3 is 2.53 bits per heavy atom. The summed E-state index contributed by atoms with van der Waals surface area (Å²) in [4.78, 5) is 5.14. The van der Waals surface area contributed by atoms with Crippen LogP contribution in [0.2, 0.25) is 0 Å². The van der Waals surface area contributed by atoms with Gasteiger partial charge in [0.05, 0.1) is 20.3 Å². The van der Waals surface area contributed by atoms with Crippen molar-refractivity contribution in [1.29, 1.82) is 0 Å². The first kappa shape index (κ1) is 20.8. The van der Waals surface area contributed by atoms with E-state index in [1.165, 1.54) is 5.56 Å². The van der Waals surface area contributed by atoms with Gasteiger partial charge in [0, 0.05) is 43.9 Å². The highest BCUT2D eigenvalue weighted by molar-refractivity contribution is 5.40. The van der Waals surface area contributed by atoms with E-state index in [1.54, 1.807) is 14.2 Å². The average Bonchev–Trinajstić information content (AvgIpc) is 3.04. The maximum Gasteiger partial charge on any atom is 0.127 e. The van der Waals surface area contributed by atoms with Crippen molar-refractivity contribution in [2.24, 2.45) is 0 Å². The Labute approximate surface area is 179 Å². The van der Waals surface area contributed by atoms with Crippen molar-refractivity contribution in [2.45, 2.75) is 37.6 Å². The summed E-state index contributed by atoms with van der Waals surface area (Å²) in [6.45, 7) is 7.76. The van der Waals surface area contributed by atoms with Crippen LogP contribution in [0.25, 0.3) is 0 Å². The molecule has 0 aliphatic carbocycles. The molecule has 160 valence electrons. The van der Waals surface area contributed by atoms with Gasteiger partial charge >= 0.3 is 0 Å². The predicted molar refractivity (Wildman–Crippen MR) is 119 cm³/mol. The first-order valence-electron chi connectivity index (χ1n) is 10.7. The zero-order chi connectivity index (χ0) is 20.9. The molecule has 3 atom stereocenters. The summed E-state index contributed by atoms with van der Waals surface area (Å²) >= 11 is 0. The molecule has 2 bridgehead atoms. The average molecular weight is 409 g/mol. The standard InChI is InChI=1S/C25H32N2O3/c1-4-14-26-18-23-24(30-21-8-6-5-7-9-21)13-11-20(26)17-27(23)16-19-10-12-22(28-2)15-25(19)29-3/h4-10,12,15,20,23-24H,1,11,13-14,16-18H2,2-3H3/t20-,23+,24-/m1/s1. The monoisotopic (exact) mass is 408 g/mol. The van der Waals surface area contributed by atoms with Crippen molar-refractivity contribution < 1.29 is 14.2 Å². The SMILES string of the molecule is C=CCN1C[C@H]2[C@H](Oc3ccccc3)CC[C@@H]1CN2Cc1ccc(OC)cc1OC. The second-order valence-electron chi connectivity index (χ2n) is 8.12. The van der Waals surface area contributed by atoms with Crippen LogP contribution in [0.3, 0.4) is 0 Å². The largest absolute Gasteiger partial charge is 0.497 e. The predicted octanol–water partition coefficient (Wildman–Crippen LogP) is 3.99. The highest BCUT2D eigenvalue weighted by Crippen LogP contribution is 2.33. The van der Waals surface area contributed by atoms with Crippen molar-refractivity contribution in [1.82, 2.24) is 9.80 Å². The molecule has 2 aromatic rings. The van der Waals surface area contributed by atoms with Crippen molar-refractivity contribution in [3.63, 3.8) is 0 Å². The minimum atomic E-state index is 0.163. The van der Waals surface area contributed by atoms with Crippen molar-refractivity contribution in [2.75, 3.05) is 33.9 Å². The van der Waals surface area contributed by atoms with Crippen LogP contribution in [0, 0.1) is 0 Å². The van der Waals surface area contributed by atoms with Crippen molar-refractivity contribution in [3.05, 3.63) is 66.7 Å². The minimum absolute atomic E-state index is 0.163. The number of hydrogen-bond donors (Lipinski definition) is 0. The molecule has 0 unspecified atom stereocenters. The van der Waals surface area contributed by atoms with Crippen LogP contribution in [-0.4, -0.2) is 61.8 Å². The number of piperazine rings is 1. The van der Waals surface area contributed by atoms with Crippen LogP contribution in [0.5, 0.6) is 17.2 Å². The molecule has 0 spiro atoms. The zero-order valence-electron chi connectivity index (χ0n) is 18.0. The van der Waals surface area contributed by atoms with E-state index in [4.69, 9.17) is 14.2 Å². The van der Waals surface area contributed by atoms with Gasteiger partial charge in [-0.3, -0.25) is 9.80 Å². The lowest BCUT2D eigenvalue weighted by molar-refractivity contribution is 0.00386. The molecular weight excluding hydrogens is 376 g/mol. The maximum atomic E-state index is 6.51. The van der Waals surface area contributed by atoms with Crippen LogP contribution >= 0.6 is 0 Å². The summed E-state index contributed by atoms with van der Waals surface area (Å²) in [6, 6.07) is 17.1. The zero-order valence-corrected chi connectivity index (χ0v) is 18.0. The molecule has 3 saturated heterocycles. The first-order valence-corrected chi connectivity index (χ1v) is 10.7. The molecule has 0 N–H and O–H groups in total. The Kier molecular flexibility index (Phi) is 6.60. The third kappa shape index (κ3) is 4.47. The van der Waals surface area contributed by atoms with Crippen LogP contribution in [0.1, 0.15) is 18.4 Å². The summed E-state index contributed by atoms with van der Waals surface area (Å²) in [5.74, 6) is 2.64. The molecule has 30 heavy (non-hydrogen) atoms. The van der Waals surface area contributed by atoms with Crippen LogP contribution in [0.4, 0.5) is 0 Å². The van der Waals surface area contributed by atoms with Crippen LogP contribution in [-0.2, 0) is 6.54 Å². The van der Waals surface area contributed by atoms with Gasteiger partial charge in [0.1, 0.15) is 23.4 Å². The van der Waals surface area contributed by atoms with E-state index >= 15 is 0 Å². The molecule has 2 aromatic carbocycles. The number of fused-ring (bicyclic) bond motifs is 4. The summed E-state index contributed by atoms with van der Waals surface area (Å²) in [6.07, 6.45) is 4.38. The van der Waals surface area contributed by atoms with E-state index in [0.717, 1.165) is 56.3 Å². The number of benzene rings is 2. The normalized spacial score (nSPS) is 24.3. The van der Waals surface area contributed by atoms with Crippen molar-refractivity contribution in [3.8, 4) is 17.2 Å². The molecule has 5 nitrogen and oxygen atoms in total. The topological polar surface area (TPSA) is 34.2 Å². The van der Waals surface area contributed by atoms with Gasteiger partial charge in [0.15, 0.2) is 0 Å². The summed E-state index contributed by atoms with van der Waals surface area (Å²) < 4.78 is 17.5. The fourth-order valence-electron chi connectivity index (χ4n) is 4.79. The molecule has 0 amide bonds. The Balaban J connectivity index is 1.58. The molecule has 0 aromatic heterocycles. The Morgan fingerprint density at radius 1 is 0.967 bits per heavy atom. The molecule has 3 aliphatic rings. The van der Waals surface area contributed by atoms with E-state index < -0.39 is 0 Å². The van der Waals surface area contributed by atoms with Gasteiger partial charge in [0.25, 0.3) is 0 Å². The summed E-state index contributed by atoms with van der Waals surface area (Å²) in [7, 11) is 3.40. The van der Waals surface area contributed by atoms with Crippen molar-refractivity contribution >= 4 is 0 Å². The molecule has 0 saturated carbocycles. The number of nitrogens with zero attached hydrogens (tertiary/aromatic N) is 2. The molecule has 3 fully saturated rings. The number of methoxy groups -OCH3 is 2. The molecule has 5 heteroatoms. The third-order valence-electron chi connectivity index (χ3n) is 6.33. The molecule has 3 heterocycles. The third-order valence-corrected chi connectivity index (χ3v) is 6.33. The molecule has 3 aliphatic heterocycles. The minimum Gasteiger partial charge on any atom is -0.497 e. The lowest BCUT2D eigenvalue weighted by Crippen LogP contribution is -2.59. The quantitative estimate of drug-likeness (QED) is 0.617. The van der Waals surface area contributed by atoms with Gasteiger partial charge in [-0.15, -0.1) is 6.58 Å². The maximum absolute atomic E-state index is 6.51. The molecular formula is C25H32N2O3. The van der Waals surface area contributed by atoms with Gasteiger partial charge in [-0.05, 0) is 31.0 Å². The van der Waals surface area contributed by atoms with E-state index in [0.29, 0.717) is 12.1 Å². The van der Waals surface area contributed by atoms with Gasteiger partial charge in [-0.2, -0.15) is 0 Å². The van der Waals surface area contributed by atoms with Gasteiger partial charge in [0.2, 0.25) is 0 Å². The second-order valence-corrected chi connectivity index (χ2v) is 8.12. The van der Waals surface area contributed by atoms with Crippen LogP contribution in [0.15, 0.2) is 61.2 Å². The van der Waals surface area contributed by atoms with E-state index in [1.807, 2.05) is 36.4 Å². The Morgan fingerprint density at radius 2 is 1.80 bits per heavy atom. The number of para-hydroxylation sites is 1. The second kappa shape index (κ2) is 9.54. The smallest absolute Gasteiger partial charge is 0.127 e. The lowest BCUT2D eigenvalue weighted by atomic mass is 10.0. The van der Waals surface area contributed by atoms with Gasteiger partial charge < -0.3 is 14.2 Å². The van der Waals surface area contributed by atoms with Gasteiger partial charge in [-0.25, -0.2) is 0 Å². The van der Waals surface area contributed by atoms with E-state index in [2.05, 4.69) is 34.6 Å². The fourth-order valence-corrected chi connectivity index (χ4v) is 4.79. The van der Waals surface area contributed by atoms with E-state index in [-0.39, 0.29) is 6.10 Å². The van der Waals surface area contributed by atoms with E-state index in [9.17, 15) is 0 Å².